The molecule has 20 heavy (non-hydrogen) atoms. The van der Waals surface area contributed by atoms with Crippen LogP contribution >= 0.6 is 0 Å². The van der Waals surface area contributed by atoms with Crippen molar-refractivity contribution in [3.8, 4) is 0 Å². The van der Waals surface area contributed by atoms with E-state index in [-0.39, 0.29) is 12.1 Å². The maximum atomic E-state index is 4.28. The average Bonchev–Trinajstić information content (AvgIpc) is 2.92. The van der Waals surface area contributed by atoms with Gasteiger partial charge in [0, 0.05) is 24.6 Å². The van der Waals surface area contributed by atoms with E-state index in [1.807, 2.05) is 41.1 Å². The van der Waals surface area contributed by atoms with Crippen LogP contribution in [0, 0.1) is 0 Å². The minimum atomic E-state index is 0.0996. The first kappa shape index (κ1) is 12.7. The molecule has 0 aliphatic carbocycles. The largest absolute Gasteiger partial charge is 0.301 e. The lowest BCUT2D eigenvalue weighted by Crippen LogP contribution is -2.24. The van der Waals surface area contributed by atoms with Gasteiger partial charge in [0.1, 0.15) is 0 Å². The van der Waals surface area contributed by atoms with E-state index in [9.17, 15) is 0 Å². The molecule has 5 nitrogen and oxygen atoms in total. The Bertz CT molecular complexity index is 692. The van der Waals surface area contributed by atoms with Crippen LogP contribution in [-0.2, 0) is 0 Å². The highest BCUT2D eigenvalue weighted by molar-refractivity contribution is 5.37. The maximum absolute atomic E-state index is 4.28. The van der Waals surface area contributed by atoms with Crippen molar-refractivity contribution in [2.75, 3.05) is 0 Å². The number of aromatic nitrogens is 4. The summed E-state index contributed by atoms with van der Waals surface area (Å²) in [5, 5.41) is 12.0. The zero-order valence-corrected chi connectivity index (χ0v) is 11.6. The third-order valence-corrected chi connectivity index (χ3v) is 3.41. The molecule has 3 heterocycles. The Labute approximate surface area is 117 Å². The second-order valence-electron chi connectivity index (χ2n) is 4.88. The monoisotopic (exact) mass is 267 g/mol. The molecule has 0 fully saturated rings. The molecule has 0 saturated heterocycles. The van der Waals surface area contributed by atoms with Crippen molar-refractivity contribution >= 4 is 5.65 Å². The number of nitrogens with zero attached hydrogens (tertiary/aromatic N) is 4. The van der Waals surface area contributed by atoms with Gasteiger partial charge >= 0.3 is 0 Å². The van der Waals surface area contributed by atoms with Gasteiger partial charge < -0.3 is 5.32 Å². The topological polar surface area (TPSA) is 55.1 Å². The summed E-state index contributed by atoms with van der Waals surface area (Å²) in [4.78, 5) is 4.15. The molecule has 2 atom stereocenters. The zero-order chi connectivity index (χ0) is 13.9. The molecule has 0 aliphatic rings. The first-order valence-electron chi connectivity index (χ1n) is 6.71. The van der Waals surface area contributed by atoms with Gasteiger partial charge in [0.2, 0.25) is 0 Å². The van der Waals surface area contributed by atoms with Crippen LogP contribution in [0.2, 0.25) is 0 Å². The number of rotatable bonds is 4. The first-order valence-corrected chi connectivity index (χ1v) is 6.71. The maximum Gasteiger partial charge on any atom is 0.160 e. The Morgan fingerprint density at radius 2 is 1.95 bits per heavy atom. The molecule has 1 N–H and O–H groups in total. The van der Waals surface area contributed by atoms with Crippen LogP contribution in [0.25, 0.3) is 5.65 Å². The van der Waals surface area contributed by atoms with E-state index in [0.717, 1.165) is 17.0 Å². The highest BCUT2D eigenvalue weighted by atomic mass is 15.3. The van der Waals surface area contributed by atoms with Gasteiger partial charge in [-0.15, -0.1) is 10.2 Å². The standard InChI is InChI=1S/C15H17N5/c1-11(13-6-5-8-16-10-13)17-12(2)15-19-18-14-7-3-4-9-20(14)15/h3-12,17H,1-2H3. The van der Waals surface area contributed by atoms with Crippen molar-refractivity contribution in [1.82, 2.24) is 24.9 Å². The number of hydrogen-bond acceptors (Lipinski definition) is 4. The molecule has 5 heteroatoms. The van der Waals surface area contributed by atoms with Crippen molar-refractivity contribution in [2.45, 2.75) is 25.9 Å². The molecule has 0 amide bonds. The van der Waals surface area contributed by atoms with Crippen LogP contribution < -0.4 is 5.32 Å². The Balaban J connectivity index is 1.81. The van der Waals surface area contributed by atoms with E-state index in [1.54, 1.807) is 6.20 Å². The minimum absolute atomic E-state index is 0.0996. The number of nitrogens with one attached hydrogen (secondary N) is 1. The predicted octanol–water partition coefficient (Wildman–Crippen LogP) is 2.54. The second-order valence-corrected chi connectivity index (χ2v) is 4.88. The summed E-state index contributed by atoms with van der Waals surface area (Å²) in [6, 6.07) is 10.2. The molecule has 102 valence electrons. The third kappa shape index (κ3) is 2.40. The molecule has 0 saturated carbocycles. The fraction of sp³-hybridized carbons (Fsp3) is 0.267. The molecule has 0 aromatic carbocycles. The lowest BCUT2D eigenvalue weighted by molar-refractivity contribution is 0.473. The fourth-order valence-electron chi connectivity index (χ4n) is 2.33. The van der Waals surface area contributed by atoms with E-state index in [4.69, 9.17) is 0 Å². The molecule has 2 unspecified atom stereocenters. The highest BCUT2D eigenvalue weighted by Crippen LogP contribution is 2.18. The Kier molecular flexibility index (Phi) is 3.43. The number of hydrogen-bond donors (Lipinski definition) is 1. The van der Waals surface area contributed by atoms with Crippen LogP contribution in [0.1, 0.15) is 37.3 Å². The molecule has 0 spiro atoms. The SMILES string of the molecule is CC(NC(C)c1nnc2ccccn12)c1cccnc1. The molecule has 0 aliphatic heterocycles. The van der Waals surface area contributed by atoms with Crippen molar-refractivity contribution in [2.24, 2.45) is 0 Å². The first-order chi connectivity index (χ1) is 9.75. The predicted molar refractivity (Wildman–Crippen MR) is 77.2 cm³/mol. The number of fused-ring (bicyclic) bond motifs is 1. The third-order valence-electron chi connectivity index (χ3n) is 3.41. The molecule has 0 bridgehead atoms. The Morgan fingerprint density at radius 3 is 2.75 bits per heavy atom. The lowest BCUT2D eigenvalue weighted by Gasteiger charge is -2.18. The van der Waals surface area contributed by atoms with Crippen LogP contribution in [0.4, 0.5) is 0 Å². The highest BCUT2D eigenvalue weighted by Gasteiger charge is 2.16. The van der Waals surface area contributed by atoms with Crippen molar-refractivity contribution < 1.29 is 0 Å². The van der Waals surface area contributed by atoms with E-state index in [0.29, 0.717) is 0 Å². The quantitative estimate of drug-likeness (QED) is 0.789. The van der Waals surface area contributed by atoms with Gasteiger partial charge in [-0.05, 0) is 37.6 Å². The summed E-state index contributed by atoms with van der Waals surface area (Å²) in [5.41, 5.74) is 2.03. The molecular formula is C15H17N5. The summed E-state index contributed by atoms with van der Waals surface area (Å²) in [7, 11) is 0. The zero-order valence-electron chi connectivity index (χ0n) is 11.6. The van der Waals surface area contributed by atoms with Gasteiger partial charge in [0.15, 0.2) is 11.5 Å². The van der Waals surface area contributed by atoms with Crippen molar-refractivity contribution in [3.05, 3.63) is 60.3 Å². The van der Waals surface area contributed by atoms with Gasteiger partial charge in [-0.25, -0.2) is 0 Å². The van der Waals surface area contributed by atoms with Crippen LogP contribution in [0.15, 0.2) is 48.9 Å². The fourth-order valence-corrected chi connectivity index (χ4v) is 2.33. The molecule has 3 aromatic heterocycles. The smallest absolute Gasteiger partial charge is 0.160 e. The van der Waals surface area contributed by atoms with Gasteiger partial charge in [0.05, 0.1) is 6.04 Å². The van der Waals surface area contributed by atoms with Crippen LogP contribution in [0.5, 0.6) is 0 Å². The van der Waals surface area contributed by atoms with Gasteiger partial charge in [-0.3, -0.25) is 9.38 Å². The Hall–Kier alpha value is -2.27. The summed E-state index contributed by atoms with van der Waals surface area (Å²) < 4.78 is 2.01. The van der Waals surface area contributed by atoms with Crippen molar-refractivity contribution in [1.29, 1.82) is 0 Å². The normalized spacial score (nSPS) is 14.3. The van der Waals surface area contributed by atoms with Crippen LogP contribution in [0.3, 0.4) is 0 Å². The number of pyridine rings is 2. The van der Waals surface area contributed by atoms with Crippen LogP contribution in [-0.4, -0.2) is 19.6 Å². The molecule has 3 rings (SSSR count). The Morgan fingerprint density at radius 1 is 1.05 bits per heavy atom. The summed E-state index contributed by atoms with van der Waals surface area (Å²) >= 11 is 0. The minimum Gasteiger partial charge on any atom is -0.301 e. The average molecular weight is 267 g/mol. The molecule has 0 radical (unpaired) electrons. The van der Waals surface area contributed by atoms with Gasteiger partial charge in [0.25, 0.3) is 0 Å². The van der Waals surface area contributed by atoms with E-state index < -0.39 is 0 Å². The van der Waals surface area contributed by atoms with Gasteiger partial charge in [-0.2, -0.15) is 0 Å². The molecule has 3 aromatic rings. The van der Waals surface area contributed by atoms with Gasteiger partial charge in [-0.1, -0.05) is 12.1 Å². The summed E-state index contributed by atoms with van der Waals surface area (Å²) in [5.74, 6) is 0.913. The molecular weight excluding hydrogens is 250 g/mol. The van der Waals surface area contributed by atoms with Crippen molar-refractivity contribution in [3.63, 3.8) is 0 Å². The van der Waals surface area contributed by atoms with E-state index in [2.05, 4.69) is 40.4 Å². The van der Waals surface area contributed by atoms with E-state index >= 15 is 0 Å². The lowest BCUT2D eigenvalue weighted by atomic mass is 10.1. The summed E-state index contributed by atoms with van der Waals surface area (Å²) in [6.07, 6.45) is 5.65. The second kappa shape index (κ2) is 5.38. The summed E-state index contributed by atoms with van der Waals surface area (Å²) in [6.45, 7) is 4.22. The van der Waals surface area contributed by atoms with E-state index in [1.165, 1.54) is 0 Å².